The summed E-state index contributed by atoms with van der Waals surface area (Å²) >= 11 is 0. The number of hydrogen-bond donors (Lipinski definition) is 1. The van der Waals surface area contributed by atoms with Gasteiger partial charge in [0, 0.05) is 21.9 Å². The van der Waals surface area contributed by atoms with Crippen LogP contribution in [0.1, 0.15) is 17.4 Å². The van der Waals surface area contributed by atoms with Gasteiger partial charge in [0.1, 0.15) is 5.84 Å². The highest BCUT2D eigenvalue weighted by Gasteiger charge is 2.35. The van der Waals surface area contributed by atoms with E-state index in [-0.39, 0.29) is 0 Å². The first-order chi connectivity index (χ1) is 12.3. The Morgan fingerprint density at radius 1 is 0.760 bits per heavy atom. The molecule has 118 valence electrons. The fourth-order valence-electron chi connectivity index (χ4n) is 4.23. The van der Waals surface area contributed by atoms with Gasteiger partial charge < -0.3 is 5.11 Å². The van der Waals surface area contributed by atoms with E-state index in [9.17, 15) is 5.11 Å². The normalized spacial score (nSPS) is 17.6. The fourth-order valence-corrected chi connectivity index (χ4v) is 4.23. The maximum Gasteiger partial charge on any atom is 0.159 e. The molecule has 6 rings (SSSR count). The molecule has 0 aliphatic carbocycles. The van der Waals surface area contributed by atoms with Gasteiger partial charge in [-0.1, -0.05) is 60.7 Å². The molecule has 25 heavy (non-hydrogen) atoms. The summed E-state index contributed by atoms with van der Waals surface area (Å²) in [5.74, 6) is 0.822. The van der Waals surface area contributed by atoms with Gasteiger partial charge >= 0.3 is 0 Å². The number of anilines is 1. The van der Waals surface area contributed by atoms with Gasteiger partial charge in [-0.3, -0.25) is 4.90 Å². The smallest absolute Gasteiger partial charge is 0.159 e. The molecule has 0 amide bonds. The maximum atomic E-state index is 11.2. The summed E-state index contributed by atoms with van der Waals surface area (Å²) in [6.07, 6.45) is -0.740. The second kappa shape index (κ2) is 4.47. The van der Waals surface area contributed by atoms with Gasteiger partial charge in [0.05, 0.1) is 11.4 Å². The van der Waals surface area contributed by atoms with Crippen LogP contribution in [-0.4, -0.2) is 10.9 Å². The number of fused-ring (bicyclic) bond motifs is 3. The molecule has 2 aliphatic rings. The molecular weight excluding hydrogens is 308 g/mol. The fraction of sp³-hybridized carbons (Fsp3) is 0.0455. The van der Waals surface area contributed by atoms with E-state index in [0.29, 0.717) is 0 Å². The third-order valence-electron chi connectivity index (χ3n) is 5.28. The van der Waals surface area contributed by atoms with Crippen molar-refractivity contribution in [3.8, 4) is 0 Å². The number of aliphatic imine (C=N–C) groups is 1. The molecular formula is C22H14N2O. The Balaban J connectivity index is 1.79. The standard InChI is InChI=1S/C22H14N2O/c25-22-16-10-2-6-13-5-1-9-15(19(13)16)21-23-17-11-3-7-14-8-4-12-18(20(14)17)24(21)22/h1-12,22,25H. The van der Waals surface area contributed by atoms with Crippen molar-refractivity contribution >= 4 is 38.8 Å². The van der Waals surface area contributed by atoms with Crippen molar-refractivity contribution in [3.05, 3.63) is 83.9 Å². The first-order valence-corrected chi connectivity index (χ1v) is 8.43. The zero-order valence-corrected chi connectivity index (χ0v) is 13.3. The van der Waals surface area contributed by atoms with E-state index in [1.807, 2.05) is 35.2 Å². The van der Waals surface area contributed by atoms with Crippen LogP contribution in [0.25, 0.3) is 21.5 Å². The van der Waals surface area contributed by atoms with E-state index in [0.717, 1.165) is 49.9 Å². The SMILES string of the molecule is OC1c2cccc3cccc(c23)C2=Nc3cccc4cccc(c34)N21. The third kappa shape index (κ3) is 1.56. The zero-order valence-electron chi connectivity index (χ0n) is 13.3. The molecule has 2 heterocycles. The van der Waals surface area contributed by atoms with Crippen molar-refractivity contribution in [3.63, 3.8) is 0 Å². The van der Waals surface area contributed by atoms with Gasteiger partial charge in [-0.05, 0) is 22.9 Å². The first-order valence-electron chi connectivity index (χ1n) is 8.43. The van der Waals surface area contributed by atoms with Crippen molar-refractivity contribution in [2.24, 2.45) is 4.99 Å². The van der Waals surface area contributed by atoms with E-state index >= 15 is 0 Å². The highest BCUT2D eigenvalue weighted by Crippen LogP contribution is 2.46. The molecule has 0 saturated heterocycles. The van der Waals surface area contributed by atoms with Crippen LogP contribution in [-0.2, 0) is 0 Å². The average molecular weight is 322 g/mol. The van der Waals surface area contributed by atoms with Crippen LogP contribution >= 0.6 is 0 Å². The van der Waals surface area contributed by atoms with Crippen LogP contribution in [0, 0.1) is 0 Å². The summed E-state index contributed by atoms with van der Waals surface area (Å²) in [5.41, 5.74) is 3.98. The molecule has 0 spiro atoms. The Bertz CT molecular complexity index is 1210. The van der Waals surface area contributed by atoms with Crippen molar-refractivity contribution in [1.82, 2.24) is 0 Å². The number of amidine groups is 1. The Kier molecular flexibility index (Phi) is 2.35. The highest BCUT2D eigenvalue weighted by molar-refractivity contribution is 6.26. The number of hydrogen-bond acceptors (Lipinski definition) is 3. The summed E-state index contributed by atoms with van der Waals surface area (Å²) in [4.78, 5) is 6.91. The lowest BCUT2D eigenvalue weighted by Crippen LogP contribution is -2.40. The number of benzene rings is 4. The molecule has 0 bridgehead atoms. The summed E-state index contributed by atoms with van der Waals surface area (Å²) in [7, 11) is 0. The Morgan fingerprint density at radius 3 is 2.28 bits per heavy atom. The second-order valence-corrected chi connectivity index (χ2v) is 6.58. The van der Waals surface area contributed by atoms with Crippen molar-refractivity contribution in [2.75, 3.05) is 4.90 Å². The maximum absolute atomic E-state index is 11.2. The van der Waals surface area contributed by atoms with Crippen LogP contribution in [0.5, 0.6) is 0 Å². The number of rotatable bonds is 0. The molecule has 2 aliphatic heterocycles. The lowest BCUT2D eigenvalue weighted by atomic mass is 9.91. The van der Waals surface area contributed by atoms with E-state index in [4.69, 9.17) is 4.99 Å². The topological polar surface area (TPSA) is 35.8 Å². The third-order valence-corrected chi connectivity index (χ3v) is 5.28. The van der Waals surface area contributed by atoms with Gasteiger partial charge in [0.15, 0.2) is 6.23 Å². The van der Waals surface area contributed by atoms with E-state index in [1.165, 1.54) is 0 Å². The molecule has 1 N–H and O–H groups in total. The molecule has 3 nitrogen and oxygen atoms in total. The van der Waals surface area contributed by atoms with Crippen LogP contribution in [0.4, 0.5) is 11.4 Å². The predicted octanol–water partition coefficient (Wildman–Crippen LogP) is 4.90. The zero-order chi connectivity index (χ0) is 16.5. The highest BCUT2D eigenvalue weighted by atomic mass is 16.3. The molecule has 0 saturated carbocycles. The largest absolute Gasteiger partial charge is 0.369 e. The van der Waals surface area contributed by atoms with Crippen molar-refractivity contribution in [2.45, 2.75) is 6.23 Å². The quantitative estimate of drug-likeness (QED) is 0.500. The number of nitrogens with zero attached hydrogens (tertiary/aromatic N) is 2. The lowest BCUT2D eigenvalue weighted by molar-refractivity contribution is 0.188. The van der Waals surface area contributed by atoms with Gasteiger partial charge in [0.25, 0.3) is 0 Å². The monoisotopic (exact) mass is 322 g/mol. The van der Waals surface area contributed by atoms with E-state index < -0.39 is 6.23 Å². The summed E-state index contributed by atoms with van der Waals surface area (Å²) in [6, 6.07) is 24.7. The molecule has 3 heteroatoms. The van der Waals surface area contributed by atoms with Gasteiger partial charge in [0.2, 0.25) is 0 Å². The molecule has 1 unspecified atom stereocenters. The van der Waals surface area contributed by atoms with Gasteiger partial charge in [-0.15, -0.1) is 0 Å². The number of aliphatic hydroxyl groups is 1. The van der Waals surface area contributed by atoms with Crippen molar-refractivity contribution < 1.29 is 5.11 Å². The predicted molar refractivity (Wildman–Crippen MR) is 102 cm³/mol. The number of aliphatic hydroxyl groups excluding tert-OH is 1. The second-order valence-electron chi connectivity index (χ2n) is 6.58. The molecule has 0 radical (unpaired) electrons. The van der Waals surface area contributed by atoms with Crippen LogP contribution in [0.2, 0.25) is 0 Å². The van der Waals surface area contributed by atoms with Crippen LogP contribution in [0.3, 0.4) is 0 Å². The van der Waals surface area contributed by atoms with Crippen molar-refractivity contribution in [1.29, 1.82) is 0 Å². The molecule has 1 atom stereocenters. The minimum atomic E-state index is -0.740. The lowest BCUT2D eigenvalue weighted by Gasteiger charge is -2.39. The van der Waals surface area contributed by atoms with Crippen LogP contribution < -0.4 is 4.90 Å². The van der Waals surface area contributed by atoms with E-state index in [2.05, 4.69) is 42.5 Å². The first kappa shape index (κ1) is 13.2. The molecule has 4 aromatic rings. The average Bonchev–Trinajstić information content (AvgIpc) is 2.66. The van der Waals surface area contributed by atoms with Gasteiger partial charge in [-0.2, -0.15) is 0 Å². The van der Waals surface area contributed by atoms with Gasteiger partial charge in [-0.25, -0.2) is 4.99 Å². The summed E-state index contributed by atoms with van der Waals surface area (Å²) in [5, 5.41) is 15.7. The van der Waals surface area contributed by atoms with Crippen LogP contribution in [0.15, 0.2) is 77.8 Å². The molecule has 0 aromatic heterocycles. The minimum absolute atomic E-state index is 0.740. The Hall–Kier alpha value is -3.17. The van der Waals surface area contributed by atoms with E-state index in [1.54, 1.807) is 0 Å². The minimum Gasteiger partial charge on any atom is -0.369 e. The molecule has 4 aromatic carbocycles. The molecule has 0 fully saturated rings. The summed E-state index contributed by atoms with van der Waals surface area (Å²) in [6.45, 7) is 0. The Morgan fingerprint density at radius 2 is 1.44 bits per heavy atom. The Labute approximate surface area is 144 Å². The summed E-state index contributed by atoms with van der Waals surface area (Å²) < 4.78 is 0.